The molecule has 1 aliphatic rings. The fourth-order valence-electron chi connectivity index (χ4n) is 2.29. The van der Waals surface area contributed by atoms with E-state index in [0.29, 0.717) is 18.6 Å². The maximum absolute atomic E-state index is 12.7. The second kappa shape index (κ2) is 6.67. The highest BCUT2D eigenvalue weighted by atomic mass is 19.1. The molecule has 0 unspecified atom stereocenters. The molecule has 0 radical (unpaired) electrons. The molecule has 3 atom stereocenters. The number of carbonyl (C=O) groups excluding carboxylic acids is 1. The van der Waals surface area contributed by atoms with Crippen LogP contribution >= 0.6 is 0 Å². The number of nitrogens with one attached hydrogen (secondary N) is 1. The largest absolute Gasteiger partial charge is 0.484 e. The van der Waals surface area contributed by atoms with Crippen LogP contribution in [-0.4, -0.2) is 43.0 Å². The van der Waals surface area contributed by atoms with Gasteiger partial charge in [0.25, 0.3) is 5.91 Å². The zero-order chi connectivity index (χ0) is 14.5. The Morgan fingerprint density at radius 3 is 2.70 bits per heavy atom. The molecular formula is C14H18FNO4. The lowest BCUT2D eigenvalue weighted by molar-refractivity contribution is -0.124. The van der Waals surface area contributed by atoms with E-state index in [1.807, 2.05) is 0 Å². The summed E-state index contributed by atoms with van der Waals surface area (Å²) in [5.41, 5.74) is 0. The van der Waals surface area contributed by atoms with Gasteiger partial charge in [0.2, 0.25) is 0 Å². The van der Waals surface area contributed by atoms with E-state index in [4.69, 9.17) is 9.47 Å². The number of carbonyl (C=O) groups is 1. The molecule has 2 rings (SSSR count). The number of amides is 1. The fourth-order valence-corrected chi connectivity index (χ4v) is 2.29. The zero-order valence-corrected chi connectivity index (χ0v) is 11.2. The summed E-state index contributed by atoms with van der Waals surface area (Å²) in [6.07, 6.45) is 0.441. The van der Waals surface area contributed by atoms with Crippen molar-refractivity contribution in [2.45, 2.75) is 31.1 Å². The Balaban J connectivity index is 1.77. The van der Waals surface area contributed by atoms with Crippen LogP contribution in [0, 0.1) is 5.82 Å². The second-order valence-corrected chi connectivity index (χ2v) is 4.76. The van der Waals surface area contributed by atoms with Gasteiger partial charge in [0.1, 0.15) is 17.7 Å². The number of halogens is 1. The topological polar surface area (TPSA) is 67.8 Å². The predicted octanol–water partition coefficient (Wildman–Crippen LogP) is 0.859. The van der Waals surface area contributed by atoms with Crippen LogP contribution in [0.15, 0.2) is 24.3 Å². The number of methoxy groups -OCH3 is 1. The van der Waals surface area contributed by atoms with Gasteiger partial charge < -0.3 is 19.9 Å². The Bertz CT molecular complexity index is 451. The zero-order valence-electron chi connectivity index (χ0n) is 11.2. The summed E-state index contributed by atoms with van der Waals surface area (Å²) in [6.45, 7) is -0.174. The summed E-state index contributed by atoms with van der Waals surface area (Å²) < 4.78 is 23.0. The molecule has 0 saturated heterocycles. The lowest BCUT2D eigenvalue weighted by Gasteiger charge is -2.19. The van der Waals surface area contributed by atoms with Crippen LogP contribution < -0.4 is 10.1 Å². The molecule has 1 aromatic carbocycles. The number of ether oxygens (including phenoxy) is 2. The number of hydrogen-bond acceptors (Lipinski definition) is 4. The van der Waals surface area contributed by atoms with Crippen molar-refractivity contribution in [3.8, 4) is 5.75 Å². The van der Waals surface area contributed by atoms with E-state index in [1.165, 1.54) is 31.4 Å². The van der Waals surface area contributed by atoms with Crippen molar-refractivity contribution in [2.24, 2.45) is 0 Å². The van der Waals surface area contributed by atoms with Gasteiger partial charge in [-0.3, -0.25) is 4.79 Å². The Hall–Kier alpha value is -1.66. The Morgan fingerprint density at radius 1 is 1.40 bits per heavy atom. The van der Waals surface area contributed by atoms with E-state index < -0.39 is 6.10 Å². The molecule has 0 bridgehead atoms. The molecule has 6 heteroatoms. The van der Waals surface area contributed by atoms with Crippen LogP contribution in [0.2, 0.25) is 0 Å². The lowest BCUT2D eigenvalue weighted by Crippen LogP contribution is -2.45. The molecule has 1 fully saturated rings. The number of hydrogen-bond donors (Lipinski definition) is 2. The Morgan fingerprint density at radius 2 is 2.10 bits per heavy atom. The lowest BCUT2D eigenvalue weighted by atomic mass is 10.2. The van der Waals surface area contributed by atoms with E-state index in [1.54, 1.807) is 0 Å². The molecule has 1 aliphatic carbocycles. The van der Waals surface area contributed by atoms with Crippen molar-refractivity contribution in [2.75, 3.05) is 13.7 Å². The first-order chi connectivity index (χ1) is 9.60. The van der Waals surface area contributed by atoms with Gasteiger partial charge in [-0.05, 0) is 37.1 Å². The van der Waals surface area contributed by atoms with Crippen molar-refractivity contribution >= 4 is 5.91 Å². The smallest absolute Gasteiger partial charge is 0.258 e. The fraction of sp³-hybridized carbons (Fsp3) is 0.500. The minimum Gasteiger partial charge on any atom is -0.484 e. The number of benzene rings is 1. The van der Waals surface area contributed by atoms with Crippen LogP contribution in [0.25, 0.3) is 0 Å². The van der Waals surface area contributed by atoms with Crippen molar-refractivity contribution in [1.82, 2.24) is 5.32 Å². The first-order valence-corrected chi connectivity index (χ1v) is 6.48. The van der Waals surface area contributed by atoms with Gasteiger partial charge in [-0.25, -0.2) is 4.39 Å². The van der Waals surface area contributed by atoms with E-state index in [0.717, 1.165) is 0 Å². The molecule has 0 spiro atoms. The Labute approximate surface area is 116 Å². The van der Waals surface area contributed by atoms with Crippen LogP contribution in [0.4, 0.5) is 4.39 Å². The van der Waals surface area contributed by atoms with E-state index in [-0.39, 0.29) is 30.5 Å². The van der Waals surface area contributed by atoms with Crippen molar-refractivity contribution in [3.05, 3.63) is 30.1 Å². The normalized spacial score (nSPS) is 25.4. The van der Waals surface area contributed by atoms with Gasteiger partial charge in [0.15, 0.2) is 6.61 Å². The number of aliphatic hydroxyl groups excluding tert-OH is 1. The summed E-state index contributed by atoms with van der Waals surface area (Å²) in [7, 11) is 1.54. The third-order valence-electron chi connectivity index (χ3n) is 3.39. The van der Waals surface area contributed by atoms with Crippen molar-refractivity contribution < 1.29 is 23.8 Å². The molecule has 2 N–H and O–H groups in total. The van der Waals surface area contributed by atoms with Crippen molar-refractivity contribution in [3.63, 3.8) is 0 Å². The summed E-state index contributed by atoms with van der Waals surface area (Å²) in [5, 5.41) is 12.6. The van der Waals surface area contributed by atoms with E-state index in [2.05, 4.69) is 5.32 Å². The average molecular weight is 283 g/mol. The summed E-state index contributed by atoms with van der Waals surface area (Å²) in [6, 6.07) is 5.11. The average Bonchev–Trinajstić information content (AvgIpc) is 2.79. The maximum Gasteiger partial charge on any atom is 0.258 e. The predicted molar refractivity (Wildman–Crippen MR) is 69.9 cm³/mol. The van der Waals surface area contributed by atoms with Gasteiger partial charge >= 0.3 is 0 Å². The highest BCUT2D eigenvalue weighted by Crippen LogP contribution is 2.22. The summed E-state index contributed by atoms with van der Waals surface area (Å²) in [5.74, 6) is -0.264. The minimum atomic E-state index is -0.699. The molecule has 5 nitrogen and oxygen atoms in total. The third kappa shape index (κ3) is 3.68. The highest BCUT2D eigenvalue weighted by molar-refractivity contribution is 5.78. The van der Waals surface area contributed by atoms with Crippen LogP contribution in [-0.2, 0) is 9.53 Å². The molecule has 0 aliphatic heterocycles. The van der Waals surface area contributed by atoms with Gasteiger partial charge in [0.05, 0.1) is 12.1 Å². The standard InChI is InChI=1S/C14H18FNO4/c1-19-12-7-6-11(14(12)18)16-13(17)8-20-10-4-2-9(15)3-5-10/h2-5,11-12,14,18H,6-8H2,1H3,(H,16,17)/t11-,12-,14-/m1/s1. The number of aliphatic hydroxyl groups is 1. The van der Waals surface area contributed by atoms with E-state index >= 15 is 0 Å². The maximum atomic E-state index is 12.7. The monoisotopic (exact) mass is 283 g/mol. The van der Waals surface area contributed by atoms with Crippen LogP contribution in [0.5, 0.6) is 5.75 Å². The van der Waals surface area contributed by atoms with Gasteiger partial charge in [0, 0.05) is 7.11 Å². The minimum absolute atomic E-state index is 0.174. The molecule has 1 saturated carbocycles. The quantitative estimate of drug-likeness (QED) is 0.841. The molecule has 0 aromatic heterocycles. The van der Waals surface area contributed by atoms with Gasteiger partial charge in [-0.2, -0.15) is 0 Å². The summed E-state index contributed by atoms with van der Waals surface area (Å²) >= 11 is 0. The van der Waals surface area contributed by atoms with Gasteiger partial charge in [-0.1, -0.05) is 0 Å². The Kier molecular flexibility index (Phi) is 4.92. The first kappa shape index (κ1) is 14.7. The van der Waals surface area contributed by atoms with E-state index in [9.17, 15) is 14.3 Å². The SMILES string of the molecule is CO[C@@H]1CC[C@@H](NC(=O)COc2ccc(F)cc2)[C@H]1O. The number of rotatable bonds is 5. The molecule has 1 aromatic rings. The molecule has 0 heterocycles. The molecular weight excluding hydrogens is 265 g/mol. The molecule has 1 amide bonds. The summed E-state index contributed by atoms with van der Waals surface area (Å²) in [4.78, 5) is 11.7. The van der Waals surface area contributed by atoms with Crippen LogP contribution in [0.1, 0.15) is 12.8 Å². The van der Waals surface area contributed by atoms with Crippen LogP contribution in [0.3, 0.4) is 0 Å². The van der Waals surface area contributed by atoms with Crippen molar-refractivity contribution in [1.29, 1.82) is 0 Å². The third-order valence-corrected chi connectivity index (χ3v) is 3.39. The highest BCUT2D eigenvalue weighted by Gasteiger charge is 2.35. The molecule has 110 valence electrons. The molecule has 20 heavy (non-hydrogen) atoms. The van der Waals surface area contributed by atoms with Gasteiger partial charge in [-0.15, -0.1) is 0 Å². The first-order valence-electron chi connectivity index (χ1n) is 6.48. The second-order valence-electron chi connectivity index (χ2n) is 4.76.